The molecule has 0 saturated heterocycles. The lowest BCUT2D eigenvalue weighted by Crippen LogP contribution is -1.94. The van der Waals surface area contributed by atoms with Crippen LogP contribution >= 0.6 is 0 Å². The van der Waals surface area contributed by atoms with Crippen LogP contribution in [0, 0.1) is 0 Å². The zero-order valence-corrected chi connectivity index (χ0v) is 12.3. The maximum Gasteiger partial charge on any atom is 0.0540 e. The Labute approximate surface area is 125 Å². The molecule has 1 nitrogen and oxygen atoms in total. The van der Waals surface area contributed by atoms with Crippen LogP contribution in [0.4, 0.5) is 0 Å². The normalized spacial score (nSPS) is 12.5. The number of nitrogens with zero attached hydrogens (tertiary/aromatic N) is 1. The summed E-state index contributed by atoms with van der Waals surface area (Å²) < 4.78 is 2.33. The summed E-state index contributed by atoms with van der Waals surface area (Å²) in [5, 5.41) is 2.59. The summed E-state index contributed by atoms with van der Waals surface area (Å²) in [6.07, 6.45) is 9.17. The van der Waals surface area contributed by atoms with Gasteiger partial charge in [0.1, 0.15) is 0 Å². The Morgan fingerprint density at radius 3 is 2.10 bits per heavy atom. The molecule has 0 atom stereocenters. The van der Waals surface area contributed by atoms with Crippen molar-refractivity contribution in [1.29, 1.82) is 0 Å². The summed E-state index contributed by atoms with van der Waals surface area (Å²) in [5.41, 5.74) is 3.68. The number of fused-ring (bicyclic) bond motifs is 3. The Kier molecular flexibility index (Phi) is 3.74. The minimum atomic E-state index is 0.998. The molecule has 0 spiro atoms. The van der Waals surface area contributed by atoms with E-state index in [-0.39, 0.29) is 0 Å². The molecule has 0 radical (unpaired) electrons. The molecule has 0 aliphatic carbocycles. The van der Waals surface area contributed by atoms with E-state index in [2.05, 4.69) is 78.8 Å². The van der Waals surface area contributed by atoms with Crippen molar-refractivity contribution in [2.24, 2.45) is 0 Å². The van der Waals surface area contributed by atoms with Crippen LogP contribution < -0.4 is 0 Å². The van der Waals surface area contributed by atoms with Gasteiger partial charge in [0.15, 0.2) is 0 Å². The molecule has 104 valence electrons. The van der Waals surface area contributed by atoms with E-state index in [4.69, 9.17) is 0 Å². The van der Waals surface area contributed by atoms with Gasteiger partial charge in [-0.15, -0.1) is 0 Å². The Bertz CT molecular complexity index is 793. The number of rotatable bonds is 4. The molecule has 0 aliphatic rings. The molecule has 3 aromatic rings. The first-order chi connectivity index (χ1) is 10.4. The average molecular weight is 273 g/mol. The lowest BCUT2D eigenvalue weighted by atomic mass is 10.2. The van der Waals surface area contributed by atoms with Crippen LogP contribution in [0.25, 0.3) is 27.5 Å². The van der Waals surface area contributed by atoms with Gasteiger partial charge < -0.3 is 4.57 Å². The lowest BCUT2D eigenvalue weighted by molar-refractivity contribution is 1.17. The van der Waals surface area contributed by atoms with E-state index in [0.29, 0.717) is 0 Å². The maximum atomic E-state index is 3.78. The Balaban J connectivity index is 2.40. The standard InChI is InChI=1S/C20H19N/c1-3-5-11-16(10-4-2)21-19-14-8-6-12-17(19)18-13-7-9-15-20(18)21/h3,5-15H,1,4H2,2H3/b11-5-,16-10+. The molecule has 0 unspecified atom stereocenters. The van der Waals surface area contributed by atoms with E-state index in [1.807, 2.05) is 12.2 Å². The molecule has 0 saturated carbocycles. The summed E-state index contributed by atoms with van der Waals surface area (Å²) in [5.74, 6) is 0. The number of para-hydroxylation sites is 2. The van der Waals surface area contributed by atoms with Crippen molar-refractivity contribution < 1.29 is 0 Å². The van der Waals surface area contributed by atoms with E-state index >= 15 is 0 Å². The highest BCUT2D eigenvalue weighted by molar-refractivity contribution is 6.10. The van der Waals surface area contributed by atoms with Crippen LogP contribution in [-0.4, -0.2) is 4.57 Å². The second kappa shape index (κ2) is 5.84. The highest BCUT2D eigenvalue weighted by atomic mass is 15.0. The third kappa shape index (κ3) is 2.31. The van der Waals surface area contributed by atoms with E-state index in [0.717, 1.165) is 6.42 Å². The van der Waals surface area contributed by atoms with Crippen LogP contribution in [0.3, 0.4) is 0 Å². The van der Waals surface area contributed by atoms with Gasteiger partial charge in [-0.2, -0.15) is 0 Å². The molecule has 3 rings (SSSR count). The van der Waals surface area contributed by atoms with Crippen LogP contribution in [0.5, 0.6) is 0 Å². The van der Waals surface area contributed by atoms with Gasteiger partial charge in [0.05, 0.1) is 11.0 Å². The molecule has 21 heavy (non-hydrogen) atoms. The van der Waals surface area contributed by atoms with Crippen molar-refractivity contribution in [3.05, 3.63) is 79.4 Å². The molecule has 1 heteroatoms. The number of benzene rings is 2. The Morgan fingerprint density at radius 1 is 1.00 bits per heavy atom. The zero-order valence-electron chi connectivity index (χ0n) is 12.3. The highest BCUT2D eigenvalue weighted by Gasteiger charge is 2.10. The molecule has 0 N–H and O–H groups in total. The fraction of sp³-hybridized carbons (Fsp3) is 0.100. The fourth-order valence-corrected chi connectivity index (χ4v) is 2.81. The smallest absolute Gasteiger partial charge is 0.0540 e. The molecular weight excluding hydrogens is 254 g/mol. The number of hydrogen-bond acceptors (Lipinski definition) is 0. The first kappa shape index (κ1) is 13.4. The third-order valence-electron chi connectivity index (χ3n) is 3.65. The largest absolute Gasteiger partial charge is 0.310 e. The minimum absolute atomic E-state index is 0.998. The summed E-state index contributed by atoms with van der Waals surface area (Å²) in [6, 6.07) is 17.1. The van der Waals surface area contributed by atoms with E-state index in [9.17, 15) is 0 Å². The van der Waals surface area contributed by atoms with Gasteiger partial charge in [0.2, 0.25) is 0 Å². The molecule has 2 aromatic carbocycles. The highest BCUT2D eigenvalue weighted by Crippen LogP contribution is 2.31. The van der Waals surface area contributed by atoms with Crippen LogP contribution in [0.2, 0.25) is 0 Å². The molecular formula is C20H19N. The Morgan fingerprint density at radius 2 is 1.57 bits per heavy atom. The van der Waals surface area contributed by atoms with Crippen molar-refractivity contribution in [3.63, 3.8) is 0 Å². The van der Waals surface area contributed by atoms with Crippen LogP contribution in [0.1, 0.15) is 13.3 Å². The summed E-state index contributed by atoms with van der Waals surface area (Å²) >= 11 is 0. The van der Waals surface area contributed by atoms with Crippen molar-refractivity contribution in [2.45, 2.75) is 13.3 Å². The summed E-state index contributed by atoms with van der Waals surface area (Å²) in [7, 11) is 0. The van der Waals surface area contributed by atoms with Crippen molar-refractivity contribution in [2.75, 3.05) is 0 Å². The SMILES string of the molecule is C=C/C=C\C(=C/CC)n1c2ccccc2c2ccccc21. The second-order valence-corrected chi connectivity index (χ2v) is 5.00. The molecule has 0 aliphatic heterocycles. The van der Waals surface area contributed by atoms with E-state index in [1.54, 1.807) is 0 Å². The Hall–Kier alpha value is -2.54. The van der Waals surface area contributed by atoms with Crippen molar-refractivity contribution in [1.82, 2.24) is 4.57 Å². The van der Waals surface area contributed by atoms with Gasteiger partial charge in [-0.25, -0.2) is 0 Å². The summed E-state index contributed by atoms with van der Waals surface area (Å²) in [6.45, 7) is 5.94. The quantitative estimate of drug-likeness (QED) is 0.530. The predicted molar refractivity (Wildman–Crippen MR) is 93.3 cm³/mol. The average Bonchev–Trinajstić information content (AvgIpc) is 2.86. The van der Waals surface area contributed by atoms with Gasteiger partial charge in [0, 0.05) is 16.5 Å². The second-order valence-electron chi connectivity index (χ2n) is 5.00. The first-order valence-corrected chi connectivity index (χ1v) is 7.34. The van der Waals surface area contributed by atoms with E-state index in [1.165, 1.54) is 27.5 Å². The summed E-state index contributed by atoms with van der Waals surface area (Å²) in [4.78, 5) is 0. The van der Waals surface area contributed by atoms with Crippen molar-refractivity contribution >= 4 is 27.5 Å². The number of hydrogen-bond donors (Lipinski definition) is 0. The third-order valence-corrected chi connectivity index (χ3v) is 3.65. The zero-order chi connectivity index (χ0) is 14.7. The lowest BCUT2D eigenvalue weighted by Gasteiger charge is -2.08. The molecule has 0 amide bonds. The molecule has 0 fully saturated rings. The monoisotopic (exact) mass is 273 g/mol. The number of aromatic nitrogens is 1. The van der Waals surface area contributed by atoms with Crippen molar-refractivity contribution in [3.8, 4) is 0 Å². The molecule has 1 aromatic heterocycles. The van der Waals surface area contributed by atoms with Crippen LogP contribution in [-0.2, 0) is 0 Å². The van der Waals surface area contributed by atoms with Gasteiger partial charge in [-0.05, 0) is 24.6 Å². The maximum absolute atomic E-state index is 3.78. The topological polar surface area (TPSA) is 4.93 Å². The van der Waals surface area contributed by atoms with Gasteiger partial charge in [-0.1, -0.05) is 68.1 Å². The van der Waals surface area contributed by atoms with Gasteiger partial charge in [0.25, 0.3) is 0 Å². The minimum Gasteiger partial charge on any atom is -0.310 e. The molecule has 0 bridgehead atoms. The van der Waals surface area contributed by atoms with Gasteiger partial charge in [-0.3, -0.25) is 0 Å². The number of allylic oxidation sites excluding steroid dienone is 5. The van der Waals surface area contributed by atoms with Gasteiger partial charge >= 0.3 is 0 Å². The predicted octanol–water partition coefficient (Wildman–Crippen LogP) is 5.79. The van der Waals surface area contributed by atoms with Crippen LogP contribution in [0.15, 0.2) is 79.4 Å². The van der Waals surface area contributed by atoms with E-state index < -0.39 is 0 Å². The molecule has 1 heterocycles. The first-order valence-electron chi connectivity index (χ1n) is 7.34. The fourth-order valence-electron chi connectivity index (χ4n) is 2.81.